The maximum Gasteiger partial charge on any atom is 0.225 e. The molecule has 0 aliphatic carbocycles. The lowest BCUT2D eigenvalue weighted by Gasteiger charge is -2.22. The smallest absolute Gasteiger partial charge is 0.225 e. The molecule has 1 aromatic heterocycles. The van der Waals surface area contributed by atoms with Crippen LogP contribution in [-0.2, 0) is 9.53 Å². The Morgan fingerprint density at radius 3 is 2.77 bits per heavy atom. The fourth-order valence-corrected chi connectivity index (χ4v) is 3.66. The Hall–Kier alpha value is -2.85. The molecule has 1 N–H and O–H groups in total. The molecule has 1 aliphatic rings. The highest BCUT2D eigenvalue weighted by Crippen LogP contribution is 2.30. The van der Waals surface area contributed by atoms with Gasteiger partial charge >= 0.3 is 0 Å². The van der Waals surface area contributed by atoms with E-state index in [1.807, 2.05) is 62.0 Å². The van der Waals surface area contributed by atoms with Crippen molar-refractivity contribution in [2.45, 2.75) is 71.2 Å². The van der Waals surface area contributed by atoms with Crippen molar-refractivity contribution in [2.75, 3.05) is 6.61 Å². The molecule has 3 rings (SSSR count). The van der Waals surface area contributed by atoms with Crippen LogP contribution in [-0.4, -0.2) is 45.8 Å². The number of amides is 1. The van der Waals surface area contributed by atoms with Crippen molar-refractivity contribution < 1.29 is 14.3 Å². The zero-order valence-corrected chi connectivity index (χ0v) is 18.7. The fourth-order valence-electron chi connectivity index (χ4n) is 3.66. The predicted octanol–water partition coefficient (Wildman–Crippen LogP) is 3.37. The Morgan fingerprint density at radius 1 is 1.26 bits per heavy atom. The van der Waals surface area contributed by atoms with Crippen LogP contribution in [0.3, 0.4) is 0 Å². The van der Waals surface area contributed by atoms with E-state index in [-0.39, 0.29) is 36.1 Å². The molecule has 1 fully saturated rings. The standard InChI is InChI=1S/C24H32N4O3/c1-17(2)25-24(29)19(4)23-13-12-22(31-23)15-18(3)28-16-20(26-27-28)9-8-14-30-21-10-6-5-7-11-21/h5-7,10-11,16-19,22-23H,12-15H2,1-4H3,(H,25,29)/t18-,19-,22+,23-/m1/s1. The zero-order chi connectivity index (χ0) is 22.2. The zero-order valence-electron chi connectivity index (χ0n) is 18.7. The van der Waals surface area contributed by atoms with Gasteiger partial charge in [-0.25, -0.2) is 4.68 Å². The number of hydrogen-bond acceptors (Lipinski definition) is 5. The molecular formula is C24H32N4O3. The number of nitrogens with zero attached hydrogens (tertiary/aromatic N) is 3. The minimum Gasteiger partial charge on any atom is -0.481 e. The lowest BCUT2D eigenvalue weighted by Crippen LogP contribution is -2.39. The Balaban J connectivity index is 1.45. The number of nitrogens with one attached hydrogen (secondary N) is 1. The van der Waals surface area contributed by atoms with Crippen molar-refractivity contribution in [3.05, 3.63) is 42.2 Å². The normalized spacial score (nSPS) is 20.0. The number of aromatic nitrogens is 3. The van der Waals surface area contributed by atoms with Gasteiger partial charge in [-0.05, 0) is 58.1 Å². The number of para-hydroxylation sites is 1. The topological polar surface area (TPSA) is 78.3 Å². The minimum atomic E-state index is -0.144. The Morgan fingerprint density at radius 2 is 2.03 bits per heavy atom. The average molecular weight is 425 g/mol. The van der Waals surface area contributed by atoms with E-state index in [1.54, 1.807) is 0 Å². The van der Waals surface area contributed by atoms with Gasteiger partial charge in [-0.15, -0.1) is 5.10 Å². The van der Waals surface area contributed by atoms with Gasteiger partial charge < -0.3 is 14.8 Å². The minimum absolute atomic E-state index is 0.0299. The lowest BCUT2D eigenvalue weighted by atomic mass is 10.00. The van der Waals surface area contributed by atoms with Crippen molar-refractivity contribution in [1.82, 2.24) is 20.3 Å². The molecule has 0 bridgehead atoms. The number of benzene rings is 1. The van der Waals surface area contributed by atoms with Gasteiger partial charge in [-0.3, -0.25) is 4.79 Å². The molecule has 4 atom stereocenters. The van der Waals surface area contributed by atoms with E-state index >= 15 is 0 Å². The summed E-state index contributed by atoms with van der Waals surface area (Å²) in [6, 6.07) is 9.85. The molecule has 1 saturated heterocycles. The van der Waals surface area contributed by atoms with Crippen LogP contribution in [0, 0.1) is 17.8 Å². The summed E-state index contributed by atoms with van der Waals surface area (Å²) in [5, 5.41) is 11.3. The average Bonchev–Trinajstić information content (AvgIpc) is 3.41. The largest absolute Gasteiger partial charge is 0.481 e. The second kappa shape index (κ2) is 11.0. The van der Waals surface area contributed by atoms with Crippen LogP contribution in [0.25, 0.3) is 0 Å². The van der Waals surface area contributed by atoms with Gasteiger partial charge in [0.1, 0.15) is 12.4 Å². The maximum absolute atomic E-state index is 12.2. The summed E-state index contributed by atoms with van der Waals surface area (Å²) in [5.41, 5.74) is 0.618. The van der Waals surface area contributed by atoms with Crippen molar-refractivity contribution in [3.8, 4) is 17.6 Å². The van der Waals surface area contributed by atoms with Crippen LogP contribution in [0.5, 0.6) is 5.75 Å². The van der Waals surface area contributed by atoms with Gasteiger partial charge in [0.2, 0.25) is 5.91 Å². The quantitative estimate of drug-likeness (QED) is 0.658. The molecule has 0 saturated carbocycles. The highest BCUT2D eigenvalue weighted by atomic mass is 16.5. The van der Waals surface area contributed by atoms with Gasteiger partial charge in [0.15, 0.2) is 5.69 Å². The summed E-state index contributed by atoms with van der Waals surface area (Å²) in [4.78, 5) is 12.2. The summed E-state index contributed by atoms with van der Waals surface area (Å²) in [6.45, 7) is 8.27. The fraction of sp³-hybridized carbons (Fsp3) is 0.542. The van der Waals surface area contributed by atoms with E-state index in [0.717, 1.165) is 25.0 Å². The van der Waals surface area contributed by atoms with Crippen LogP contribution in [0.15, 0.2) is 36.5 Å². The number of ether oxygens (including phenoxy) is 2. The molecule has 7 heteroatoms. The predicted molar refractivity (Wildman–Crippen MR) is 119 cm³/mol. The first-order chi connectivity index (χ1) is 14.9. The monoisotopic (exact) mass is 424 g/mol. The molecule has 0 unspecified atom stereocenters. The first-order valence-electron chi connectivity index (χ1n) is 11.0. The number of rotatable bonds is 8. The van der Waals surface area contributed by atoms with Gasteiger partial charge in [0.05, 0.1) is 30.4 Å². The molecule has 1 amide bonds. The van der Waals surface area contributed by atoms with Crippen molar-refractivity contribution in [2.24, 2.45) is 5.92 Å². The lowest BCUT2D eigenvalue weighted by molar-refractivity contribution is -0.129. The SMILES string of the molecule is CC(C)NC(=O)[C@H](C)[C@H]1CC[C@@H](C[C@@H](C)n2cc(C#CCOc3ccccc3)nn2)O1. The molecule has 1 aliphatic heterocycles. The van der Waals surface area contributed by atoms with E-state index in [0.29, 0.717) is 12.3 Å². The molecule has 0 spiro atoms. The van der Waals surface area contributed by atoms with Crippen LogP contribution in [0.1, 0.15) is 58.7 Å². The third-order valence-corrected chi connectivity index (χ3v) is 5.38. The van der Waals surface area contributed by atoms with Crippen LogP contribution >= 0.6 is 0 Å². The van der Waals surface area contributed by atoms with Crippen LogP contribution < -0.4 is 10.1 Å². The Kier molecular flexibility index (Phi) is 8.07. The second-order valence-electron chi connectivity index (χ2n) is 8.40. The van der Waals surface area contributed by atoms with Crippen molar-refractivity contribution >= 4 is 5.91 Å². The highest BCUT2D eigenvalue weighted by Gasteiger charge is 2.34. The summed E-state index contributed by atoms with van der Waals surface area (Å²) in [5.74, 6) is 6.66. The van der Waals surface area contributed by atoms with Crippen molar-refractivity contribution in [1.29, 1.82) is 0 Å². The van der Waals surface area contributed by atoms with E-state index in [9.17, 15) is 4.79 Å². The van der Waals surface area contributed by atoms with Gasteiger partial charge in [0, 0.05) is 6.04 Å². The molecule has 1 aromatic carbocycles. The molecule has 7 nitrogen and oxygen atoms in total. The third kappa shape index (κ3) is 6.83. The Bertz CT molecular complexity index is 900. The Labute approximate surface area is 184 Å². The maximum atomic E-state index is 12.2. The number of carbonyl (C=O) groups is 1. The molecule has 166 valence electrons. The molecule has 0 radical (unpaired) electrons. The third-order valence-electron chi connectivity index (χ3n) is 5.38. The van der Waals surface area contributed by atoms with Gasteiger partial charge in [0.25, 0.3) is 0 Å². The summed E-state index contributed by atoms with van der Waals surface area (Å²) in [7, 11) is 0. The van der Waals surface area contributed by atoms with Gasteiger partial charge in [-0.1, -0.05) is 36.3 Å². The number of carbonyl (C=O) groups excluding carboxylic acids is 1. The van der Waals surface area contributed by atoms with E-state index in [1.165, 1.54) is 0 Å². The van der Waals surface area contributed by atoms with Crippen molar-refractivity contribution in [3.63, 3.8) is 0 Å². The second-order valence-corrected chi connectivity index (χ2v) is 8.40. The molecular weight excluding hydrogens is 392 g/mol. The van der Waals surface area contributed by atoms with E-state index in [4.69, 9.17) is 9.47 Å². The highest BCUT2D eigenvalue weighted by molar-refractivity contribution is 5.79. The summed E-state index contributed by atoms with van der Waals surface area (Å²) >= 11 is 0. The molecule has 2 heterocycles. The van der Waals surface area contributed by atoms with Crippen LogP contribution in [0.4, 0.5) is 0 Å². The molecule has 31 heavy (non-hydrogen) atoms. The van der Waals surface area contributed by atoms with E-state index < -0.39 is 0 Å². The van der Waals surface area contributed by atoms with Crippen LogP contribution in [0.2, 0.25) is 0 Å². The van der Waals surface area contributed by atoms with E-state index in [2.05, 4.69) is 34.4 Å². The summed E-state index contributed by atoms with van der Waals surface area (Å²) in [6.07, 6.45) is 4.62. The summed E-state index contributed by atoms with van der Waals surface area (Å²) < 4.78 is 13.6. The van der Waals surface area contributed by atoms with Gasteiger partial charge in [-0.2, -0.15) is 0 Å². The first kappa shape index (κ1) is 22.8. The number of hydrogen-bond donors (Lipinski definition) is 1. The molecule has 2 aromatic rings. The first-order valence-corrected chi connectivity index (χ1v) is 11.0.